The van der Waals surface area contributed by atoms with Crippen LogP contribution in [-0.4, -0.2) is 37.2 Å². The number of rotatable bonds is 5. The summed E-state index contributed by atoms with van der Waals surface area (Å²) in [5.74, 6) is -0.185. The van der Waals surface area contributed by atoms with Crippen LogP contribution in [0.25, 0.3) is 10.6 Å². The second-order valence-corrected chi connectivity index (χ2v) is 11.0. The van der Waals surface area contributed by atoms with Gasteiger partial charge in [-0.25, -0.2) is 8.42 Å². The lowest BCUT2D eigenvalue weighted by atomic mass is 10.1. The Morgan fingerprint density at radius 2 is 1.71 bits per heavy atom. The summed E-state index contributed by atoms with van der Waals surface area (Å²) in [5.41, 5.74) is 3.30. The Bertz CT molecular complexity index is 1490. The molecule has 178 valence electrons. The number of aromatic nitrogens is 2. The first-order valence-corrected chi connectivity index (χ1v) is 13.1. The van der Waals surface area contributed by atoms with Crippen LogP contribution >= 0.6 is 11.3 Å². The third kappa shape index (κ3) is 4.62. The summed E-state index contributed by atoms with van der Waals surface area (Å²) in [4.78, 5) is 13.3. The first-order valence-electron chi connectivity index (χ1n) is 10.9. The fourth-order valence-corrected chi connectivity index (χ4v) is 5.96. The summed E-state index contributed by atoms with van der Waals surface area (Å²) in [6.07, 6.45) is -1.07. The summed E-state index contributed by atoms with van der Waals surface area (Å²) in [7, 11) is -3.92. The van der Waals surface area contributed by atoms with Gasteiger partial charge in [0.2, 0.25) is 5.13 Å². The highest BCUT2D eigenvalue weighted by Gasteiger charge is 2.38. The average Bonchev–Trinajstić information content (AvgIpc) is 3.32. The van der Waals surface area contributed by atoms with Crippen LogP contribution in [-0.2, 0) is 14.8 Å². The van der Waals surface area contributed by atoms with Crippen LogP contribution in [0.4, 0.5) is 10.8 Å². The molecule has 1 aliphatic rings. The van der Waals surface area contributed by atoms with E-state index in [-0.39, 0.29) is 11.4 Å². The predicted molar refractivity (Wildman–Crippen MR) is 135 cm³/mol. The lowest BCUT2D eigenvalue weighted by Crippen LogP contribution is -2.48. The van der Waals surface area contributed by atoms with Gasteiger partial charge in [0.05, 0.1) is 17.1 Å². The van der Waals surface area contributed by atoms with Gasteiger partial charge in [0, 0.05) is 5.56 Å². The van der Waals surface area contributed by atoms with Crippen LogP contribution in [0.2, 0.25) is 0 Å². The van der Waals surface area contributed by atoms with E-state index < -0.39 is 22.0 Å². The molecule has 3 aromatic carbocycles. The average molecular weight is 507 g/mol. The molecular formula is C25H22N4O4S2. The van der Waals surface area contributed by atoms with Crippen LogP contribution in [0.3, 0.4) is 0 Å². The van der Waals surface area contributed by atoms with E-state index in [0.717, 1.165) is 16.7 Å². The fourth-order valence-electron chi connectivity index (χ4n) is 3.72. The molecule has 2 heterocycles. The zero-order valence-corrected chi connectivity index (χ0v) is 20.6. The van der Waals surface area contributed by atoms with Gasteiger partial charge >= 0.3 is 0 Å². The summed E-state index contributed by atoms with van der Waals surface area (Å²) >= 11 is 1.23. The van der Waals surface area contributed by atoms with E-state index in [2.05, 4.69) is 15.5 Å². The van der Waals surface area contributed by atoms with Crippen molar-refractivity contribution in [2.75, 3.05) is 16.2 Å². The number of fused-ring (bicyclic) bond motifs is 1. The number of hydrogen-bond donors (Lipinski definition) is 1. The highest BCUT2D eigenvalue weighted by atomic mass is 32.2. The number of aryl methyl sites for hydroxylation is 2. The zero-order chi connectivity index (χ0) is 24.6. The lowest BCUT2D eigenvalue weighted by Gasteiger charge is -2.34. The van der Waals surface area contributed by atoms with E-state index in [0.29, 0.717) is 21.6 Å². The molecule has 0 radical (unpaired) electrons. The van der Waals surface area contributed by atoms with Gasteiger partial charge in [-0.15, -0.1) is 10.2 Å². The summed E-state index contributed by atoms with van der Waals surface area (Å²) < 4.78 is 34.1. The maximum absolute atomic E-state index is 13.5. The Morgan fingerprint density at radius 3 is 2.46 bits per heavy atom. The molecule has 0 bridgehead atoms. The van der Waals surface area contributed by atoms with E-state index in [1.807, 2.05) is 44.2 Å². The SMILES string of the molecule is Cc1ccc(-c2nnc(NC(=O)C3CN(S(=O)(=O)c4ccccc4)c4cc(C)ccc4O3)s2)cc1. The van der Waals surface area contributed by atoms with E-state index in [1.54, 1.807) is 30.3 Å². The molecule has 1 unspecified atom stereocenters. The Morgan fingerprint density at radius 1 is 1.00 bits per heavy atom. The van der Waals surface area contributed by atoms with Crippen molar-refractivity contribution in [3.63, 3.8) is 0 Å². The number of nitrogens with one attached hydrogen (secondary N) is 1. The van der Waals surface area contributed by atoms with E-state index in [4.69, 9.17) is 4.74 Å². The van der Waals surface area contributed by atoms with Gasteiger partial charge in [-0.3, -0.25) is 14.4 Å². The van der Waals surface area contributed by atoms with Crippen LogP contribution < -0.4 is 14.4 Å². The fraction of sp³-hybridized carbons (Fsp3) is 0.160. The van der Waals surface area contributed by atoms with Crippen molar-refractivity contribution in [2.45, 2.75) is 24.8 Å². The molecule has 0 fully saturated rings. The molecule has 0 aliphatic carbocycles. The van der Waals surface area contributed by atoms with E-state index >= 15 is 0 Å². The molecule has 1 atom stereocenters. The number of hydrogen-bond acceptors (Lipinski definition) is 7. The van der Waals surface area contributed by atoms with Crippen molar-refractivity contribution in [3.05, 3.63) is 83.9 Å². The topological polar surface area (TPSA) is 101 Å². The Hall–Kier alpha value is -3.76. The molecule has 0 spiro atoms. The van der Waals surface area contributed by atoms with Crippen molar-refractivity contribution >= 4 is 38.1 Å². The number of carbonyl (C=O) groups is 1. The minimum atomic E-state index is -3.92. The van der Waals surface area contributed by atoms with Crippen molar-refractivity contribution in [1.82, 2.24) is 10.2 Å². The lowest BCUT2D eigenvalue weighted by molar-refractivity contribution is -0.122. The van der Waals surface area contributed by atoms with Crippen molar-refractivity contribution in [1.29, 1.82) is 0 Å². The van der Waals surface area contributed by atoms with Crippen LogP contribution in [0.5, 0.6) is 5.75 Å². The predicted octanol–water partition coefficient (Wildman–Crippen LogP) is 4.42. The van der Waals surface area contributed by atoms with E-state index in [9.17, 15) is 13.2 Å². The molecule has 1 aliphatic heterocycles. The third-order valence-electron chi connectivity index (χ3n) is 5.56. The first-order chi connectivity index (χ1) is 16.8. The molecule has 1 aromatic heterocycles. The van der Waals surface area contributed by atoms with Gasteiger partial charge in [-0.05, 0) is 43.7 Å². The molecule has 0 saturated carbocycles. The standard InChI is InChI=1S/C25H22N4O4S2/c1-16-8-11-18(12-9-16)24-27-28-25(34-24)26-23(30)22-15-29(20-14-17(2)10-13-21(20)33-22)35(31,32)19-6-4-3-5-7-19/h3-14,22H,15H2,1-2H3,(H,26,28,30). The smallest absolute Gasteiger partial charge is 0.269 e. The van der Waals surface area contributed by atoms with Crippen molar-refractivity contribution in [3.8, 4) is 16.3 Å². The number of nitrogens with zero attached hydrogens (tertiary/aromatic N) is 3. The van der Waals surface area contributed by atoms with Gasteiger partial charge in [0.15, 0.2) is 6.10 Å². The van der Waals surface area contributed by atoms with Crippen LogP contribution in [0.15, 0.2) is 77.7 Å². The van der Waals surface area contributed by atoms with E-state index in [1.165, 1.54) is 27.8 Å². The molecule has 4 aromatic rings. The minimum Gasteiger partial charge on any atom is -0.476 e. The summed E-state index contributed by atoms with van der Waals surface area (Å²) in [6.45, 7) is 3.69. The van der Waals surface area contributed by atoms with Gasteiger partial charge < -0.3 is 4.74 Å². The van der Waals surface area contributed by atoms with Gasteiger partial charge in [-0.1, -0.05) is 65.4 Å². The first kappa shape index (κ1) is 23.0. The molecular weight excluding hydrogens is 484 g/mol. The molecule has 1 N–H and O–H groups in total. The molecule has 5 rings (SSSR count). The normalized spacial score (nSPS) is 15.3. The summed E-state index contributed by atoms with van der Waals surface area (Å²) in [5, 5.41) is 11.9. The maximum Gasteiger partial charge on any atom is 0.269 e. The van der Waals surface area contributed by atoms with Crippen molar-refractivity contribution in [2.24, 2.45) is 0 Å². The second-order valence-electron chi connectivity index (χ2n) is 8.19. The summed E-state index contributed by atoms with van der Waals surface area (Å²) in [6, 6.07) is 21.2. The molecule has 1 amide bonds. The van der Waals surface area contributed by atoms with Gasteiger partial charge in [-0.2, -0.15) is 0 Å². The highest BCUT2D eigenvalue weighted by molar-refractivity contribution is 7.92. The number of carbonyl (C=O) groups excluding carboxylic acids is 1. The molecule has 10 heteroatoms. The number of benzene rings is 3. The zero-order valence-electron chi connectivity index (χ0n) is 19.0. The van der Waals surface area contributed by atoms with Crippen molar-refractivity contribution < 1.29 is 17.9 Å². The maximum atomic E-state index is 13.5. The minimum absolute atomic E-state index is 0.139. The molecule has 35 heavy (non-hydrogen) atoms. The van der Waals surface area contributed by atoms with Gasteiger partial charge in [0.25, 0.3) is 15.9 Å². The van der Waals surface area contributed by atoms with Crippen LogP contribution in [0.1, 0.15) is 11.1 Å². The largest absolute Gasteiger partial charge is 0.476 e. The molecule has 8 nitrogen and oxygen atoms in total. The highest BCUT2D eigenvalue weighted by Crippen LogP contribution is 2.38. The number of ether oxygens (including phenoxy) is 1. The monoisotopic (exact) mass is 506 g/mol. The van der Waals surface area contributed by atoms with Gasteiger partial charge in [0.1, 0.15) is 10.8 Å². The number of anilines is 2. The second kappa shape index (κ2) is 9.12. The number of sulfonamides is 1. The third-order valence-corrected chi connectivity index (χ3v) is 8.24. The Labute approximate surface area is 207 Å². The molecule has 0 saturated heterocycles. The quantitative estimate of drug-likeness (QED) is 0.430. The van der Waals surface area contributed by atoms with Crippen LogP contribution in [0, 0.1) is 13.8 Å². The Kier molecular flexibility index (Phi) is 6.00. The Balaban J connectivity index is 1.41. The number of amides is 1.